The van der Waals surface area contributed by atoms with Gasteiger partial charge in [-0.15, -0.1) is 0 Å². The van der Waals surface area contributed by atoms with Crippen molar-refractivity contribution in [3.05, 3.63) is 70.2 Å². The van der Waals surface area contributed by atoms with Gasteiger partial charge < -0.3 is 0 Å². The SMILES string of the molecule is CN1Cc2ccccc2CC1c1cccc(Cl)c1. The zero-order chi connectivity index (χ0) is 12.5. The minimum atomic E-state index is 0.429. The lowest BCUT2D eigenvalue weighted by Gasteiger charge is -2.34. The highest BCUT2D eigenvalue weighted by Gasteiger charge is 2.24. The number of hydrogen-bond acceptors (Lipinski definition) is 1. The van der Waals surface area contributed by atoms with Crippen LogP contribution in [0, 0.1) is 0 Å². The van der Waals surface area contributed by atoms with Gasteiger partial charge in [0.1, 0.15) is 0 Å². The summed E-state index contributed by atoms with van der Waals surface area (Å²) in [4.78, 5) is 2.40. The highest BCUT2D eigenvalue weighted by molar-refractivity contribution is 6.30. The molecule has 1 atom stereocenters. The number of rotatable bonds is 1. The molecule has 0 saturated heterocycles. The summed E-state index contributed by atoms with van der Waals surface area (Å²) >= 11 is 6.09. The molecule has 92 valence electrons. The van der Waals surface area contributed by atoms with E-state index in [1.807, 2.05) is 12.1 Å². The molecule has 0 bridgehead atoms. The third-order valence-electron chi connectivity index (χ3n) is 3.72. The fourth-order valence-corrected chi connectivity index (χ4v) is 2.94. The first-order chi connectivity index (χ1) is 8.74. The molecule has 0 aliphatic carbocycles. The summed E-state index contributed by atoms with van der Waals surface area (Å²) in [5, 5.41) is 0.819. The first-order valence-electron chi connectivity index (χ1n) is 6.26. The molecule has 0 spiro atoms. The molecule has 2 aromatic carbocycles. The average Bonchev–Trinajstić information content (AvgIpc) is 2.38. The summed E-state index contributed by atoms with van der Waals surface area (Å²) in [6.45, 7) is 1.01. The van der Waals surface area contributed by atoms with Crippen molar-refractivity contribution < 1.29 is 0 Å². The largest absolute Gasteiger partial charge is 0.295 e. The summed E-state index contributed by atoms with van der Waals surface area (Å²) in [5.41, 5.74) is 4.21. The Labute approximate surface area is 113 Å². The molecule has 0 radical (unpaired) electrons. The van der Waals surface area contributed by atoms with Crippen molar-refractivity contribution in [2.45, 2.75) is 19.0 Å². The van der Waals surface area contributed by atoms with E-state index in [-0.39, 0.29) is 0 Å². The fourth-order valence-electron chi connectivity index (χ4n) is 2.74. The second kappa shape index (κ2) is 4.75. The Morgan fingerprint density at radius 2 is 1.83 bits per heavy atom. The summed E-state index contributed by atoms with van der Waals surface area (Å²) in [6, 6.07) is 17.3. The van der Waals surface area contributed by atoms with Crippen LogP contribution in [0.4, 0.5) is 0 Å². The number of nitrogens with zero attached hydrogens (tertiary/aromatic N) is 1. The van der Waals surface area contributed by atoms with Gasteiger partial charge in [0, 0.05) is 17.6 Å². The van der Waals surface area contributed by atoms with Gasteiger partial charge >= 0.3 is 0 Å². The van der Waals surface area contributed by atoms with Crippen molar-refractivity contribution in [1.29, 1.82) is 0 Å². The summed E-state index contributed by atoms with van der Waals surface area (Å²) in [7, 11) is 2.18. The van der Waals surface area contributed by atoms with E-state index in [1.165, 1.54) is 16.7 Å². The molecular formula is C16H16ClN. The minimum Gasteiger partial charge on any atom is -0.295 e. The van der Waals surface area contributed by atoms with Crippen LogP contribution in [0.5, 0.6) is 0 Å². The molecule has 0 aromatic heterocycles. The van der Waals surface area contributed by atoms with E-state index < -0.39 is 0 Å². The van der Waals surface area contributed by atoms with Gasteiger partial charge in [-0.3, -0.25) is 4.90 Å². The summed E-state index contributed by atoms with van der Waals surface area (Å²) in [5.74, 6) is 0. The van der Waals surface area contributed by atoms with E-state index in [0.717, 1.165) is 18.0 Å². The monoisotopic (exact) mass is 257 g/mol. The smallest absolute Gasteiger partial charge is 0.0409 e. The molecule has 0 fully saturated rings. The third-order valence-corrected chi connectivity index (χ3v) is 3.95. The van der Waals surface area contributed by atoms with E-state index in [4.69, 9.17) is 11.6 Å². The Hall–Kier alpha value is -1.31. The van der Waals surface area contributed by atoms with Crippen LogP contribution >= 0.6 is 11.6 Å². The maximum absolute atomic E-state index is 6.09. The molecule has 18 heavy (non-hydrogen) atoms. The molecule has 0 saturated carbocycles. The standard InChI is InChI=1S/C16H16ClN/c1-18-11-14-6-3-2-5-12(14)10-16(18)13-7-4-8-15(17)9-13/h2-9,16H,10-11H2,1H3. The lowest BCUT2D eigenvalue weighted by molar-refractivity contribution is 0.218. The molecule has 1 nitrogen and oxygen atoms in total. The molecule has 0 N–H and O–H groups in total. The van der Waals surface area contributed by atoms with Crippen molar-refractivity contribution >= 4 is 11.6 Å². The number of hydrogen-bond donors (Lipinski definition) is 0. The normalized spacial score (nSPS) is 19.6. The Kier molecular flexibility index (Phi) is 3.11. The zero-order valence-electron chi connectivity index (χ0n) is 10.4. The molecule has 3 rings (SSSR count). The van der Waals surface area contributed by atoms with E-state index in [2.05, 4.69) is 48.3 Å². The lowest BCUT2D eigenvalue weighted by atomic mass is 9.90. The van der Waals surface area contributed by atoms with Crippen molar-refractivity contribution in [1.82, 2.24) is 4.90 Å². The summed E-state index contributed by atoms with van der Waals surface area (Å²) in [6.07, 6.45) is 1.06. The number of benzene rings is 2. The topological polar surface area (TPSA) is 3.24 Å². The van der Waals surface area contributed by atoms with Crippen LogP contribution in [0.15, 0.2) is 48.5 Å². The van der Waals surface area contributed by atoms with Crippen LogP contribution in [0.1, 0.15) is 22.7 Å². The van der Waals surface area contributed by atoms with Gasteiger partial charge in [0.15, 0.2) is 0 Å². The lowest BCUT2D eigenvalue weighted by Crippen LogP contribution is -2.30. The highest BCUT2D eigenvalue weighted by atomic mass is 35.5. The molecule has 0 amide bonds. The second-order valence-electron chi connectivity index (χ2n) is 4.96. The molecule has 1 heterocycles. The second-order valence-corrected chi connectivity index (χ2v) is 5.40. The fraction of sp³-hybridized carbons (Fsp3) is 0.250. The minimum absolute atomic E-state index is 0.429. The Bertz CT molecular complexity index is 565. The van der Waals surface area contributed by atoms with Crippen LogP contribution in [0.25, 0.3) is 0 Å². The van der Waals surface area contributed by atoms with Gasteiger partial charge in [-0.2, -0.15) is 0 Å². The highest BCUT2D eigenvalue weighted by Crippen LogP contribution is 2.32. The predicted molar refractivity (Wildman–Crippen MR) is 75.8 cm³/mol. The van der Waals surface area contributed by atoms with Gasteiger partial charge in [0.25, 0.3) is 0 Å². The molecule has 2 aromatic rings. The van der Waals surface area contributed by atoms with E-state index in [0.29, 0.717) is 6.04 Å². The summed E-state index contributed by atoms with van der Waals surface area (Å²) < 4.78 is 0. The zero-order valence-corrected chi connectivity index (χ0v) is 11.2. The van der Waals surface area contributed by atoms with Crippen LogP contribution in [-0.2, 0) is 13.0 Å². The third kappa shape index (κ3) is 2.16. The first kappa shape index (κ1) is 11.8. The predicted octanol–water partition coefficient (Wildman–Crippen LogP) is 4.07. The molecule has 1 aliphatic heterocycles. The molecule has 2 heteroatoms. The van der Waals surface area contributed by atoms with Crippen LogP contribution in [-0.4, -0.2) is 11.9 Å². The van der Waals surface area contributed by atoms with Crippen molar-refractivity contribution in [3.8, 4) is 0 Å². The van der Waals surface area contributed by atoms with Crippen LogP contribution in [0.3, 0.4) is 0 Å². The average molecular weight is 258 g/mol. The van der Waals surface area contributed by atoms with Gasteiger partial charge in [-0.25, -0.2) is 0 Å². The maximum Gasteiger partial charge on any atom is 0.0409 e. The van der Waals surface area contributed by atoms with Crippen molar-refractivity contribution in [3.63, 3.8) is 0 Å². The Morgan fingerprint density at radius 3 is 2.61 bits per heavy atom. The van der Waals surface area contributed by atoms with Crippen molar-refractivity contribution in [2.75, 3.05) is 7.05 Å². The van der Waals surface area contributed by atoms with Gasteiger partial charge in [0.05, 0.1) is 0 Å². The van der Waals surface area contributed by atoms with Crippen LogP contribution in [0.2, 0.25) is 5.02 Å². The van der Waals surface area contributed by atoms with Crippen molar-refractivity contribution in [2.24, 2.45) is 0 Å². The van der Waals surface area contributed by atoms with Crippen LogP contribution < -0.4 is 0 Å². The first-order valence-corrected chi connectivity index (χ1v) is 6.64. The molecular weight excluding hydrogens is 242 g/mol. The van der Waals surface area contributed by atoms with E-state index in [9.17, 15) is 0 Å². The number of likely N-dealkylation sites (N-methyl/N-ethyl adjacent to an activating group) is 1. The number of fused-ring (bicyclic) bond motifs is 1. The Balaban J connectivity index is 1.96. The quantitative estimate of drug-likeness (QED) is 0.744. The maximum atomic E-state index is 6.09. The van der Waals surface area contributed by atoms with Gasteiger partial charge in [0.2, 0.25) is 0 Å². The molecule has 1 aliphatic rings. The van der Waals surface area contributed by atoms with E-state index in [1.54, 1.807) is 0 Å². The van der Waals surface area contributed by atoms with Gasteiger partial charge in [-0.05, 0) is 42.3 Å². The number of halogens is 1. The van der Waals surface area contributed by atoms with E-state index >= 15 is 0 Å². The van der Waals surface area contributed by atoms with Gasteiger partial charge in [-0.1, -0.05) is 48.0 Å². The Morgan fingerprint density at radius 1 is 1.06 bits per heavy atom. The molecule has 1 unspecified atom stereocenters.